The van der Waals surface area contributed by atoms with Gasteiger partial charge in [0.1, 0.15) is 0 Å². The van der Waals surface area contributed by atoms with Gasteiger partial charge in [-0.3, -0.25) is 9.59 Å². The smallest absolute Gasteiger partial charge is 0.303 e. The predicted octanol–water partition coefficient (Wildman–Crippen LogP) is 0.436. The van der Waals surface area contributed by atoms with Crippen LogP contribution in [-0.2, 0) is 9.59 Å². The first-order chi connectivity index (χ1) is 7.47. The van der Waals surface area contributed by atoms with Gasteiger partial charge < -0.3 is 16.2 Å². The van der Waals surface area contributed by atoms with E-state index in [1.807, 2.05) is 6.26 Å². The van der Waals surface area contributed by atoms with E-state index in [2.05, 4.69) is 5.32 Å². The summed E-state index contributed by atoms with van der Waals surface area (Å²) in [6.45, 7) is 1.78. The fourth-order valence-corrected chi connectivity index (χ4v) is 1.63. The average Bonchev–Trinajstić information content (AvgIpc) is 2.22. The van der Waals surface area contributed by atoms with Crippen molar-refractivity contribution < 1.29 is 14.7 Å². The second-order valence-electron chi connectivity index (χ2n) is 3.73. The van der Waals surface area contributed by atoms with Gasteiger partial charge in [0.25, 0.3) is 0 Å². The first-order valence-corrected chi connectivity index (χ1v) is 6.63. The number of nitrogens with two attached hydrogens (primary N) is 1. The van der Waals surface area contributed by atoms with Crippen molar-refractivity contribution in [1.29, 1.82) is 0 Å². The summed E-state index contributed by atoms with van der Waals surface area (Å²) in [5, 5.41) is 11.2. The fourth-order valence-electron chi connectivity index (χ4n) is 1.14. The molecule has 4 N–H and O–H groups in total. The van der Waals surface area contributed by atoms with E-state index >= 15 is 0 Å². The number of thioether (sulfide) groups is 1. The van der Waals surface area contributed by atoms with Gasteiger partial charge in [0.05, 0.1) is 6.04 Å². The zero-order chi connectivity index (χ0) is 12.6. The topological polar surface area (TPSA) is 92.4 Å². The van der Waals surface area contributed by atoms with Crippen LogP contribution in [0.25, 0.3) is 0 Å². The lowest BCUT2D eigenvalue weighted by molar-refractivity contribution is -0.137. The number of nitrogens with one attached hydrogen (secondary N) is 1. The second-order valence-corrected chi connectivity index (χ2v) is 4.72. The molecular formula is C10H20N2O3S. The molecular weight excluding hydrogens is 228 g/mol. The summed E-state index contributed by atoms with van der Waals surface area (Å²) in [4.78, 5) is 21.8. The molecule has 0 aliphatic rings. The van der Waals surface area contributed by atoms with Crippen LogP contribution in [-0.4, -0.2) is 41.1 Å². The number of aliphatic carboxylic acids is 1. The van der Waals surface area contributed by atoms with Crippen molar-refractivity contribution in [2.75, 3.05) is 12.0 Å². The van der Waals surface area contributed by atoms with Crippen molar-refractivity contribution >= 4 is 23.6 Å². The number of carboxylic acid groups (broad SMARTS) is 1. The number of carbonyl (C=O) groups is 2. The van der Waals surface area contributed by atoms with Crippen molar-refractivity contribution in [1.82, 2.24) is 5.32 Å². The van der Waals surface area contributed by atoms with Gasteiger partial charge in [-0.05, 0) is 31.8 Å². The molecule has 0 aliphatic heterocycles. The monoisotopic (exact) mass is 248 g/mol. The number of hydrogen-bond donors (Lipinski definition) is 3. The van der Waals surface area contributed by atoms with E-state index in [1.165, 1.54) is 0 Å². The summed E-state index contributed by atoms with van der Waals surface area (Å²) in [7, 11) is 0. The Hall–Kier alpha value is -0.750. The molecule has 5 nitrogen and oxygen atoms in total. The van der Waals surface area contributed by atoms with Crippen LogP contribution < -0.4 is 11.1 Å². The Balaban J connectivity index is 3.80. The highest BCUT2D eigenvalue weighted by molar-refractivity contribution is 7.98. The summed E-state index contributed by atoms with van der Waals surface area (Å²) in [6, 6.07) is -0.649. The van der Waals surface area contributed by atoms with E-state index in [1.54, 1.807) is 18.7 Å². The van der Waals surface area contributed by atoms with Gasteiger partial charge in [-0.2, -0.15) is 11.8 Å². The molecule has 0 aromatic rings. The summed E-state index contributed by atoms with van der Waals surface area (Å²) in [5.41, 5.74) is 5.67. The molecule has 0 heterocycles. The van der Waals surface area contributed by atoms with Crippen LogP contribution >= 0.6 is 11.8 Å². The number of carbonyl (C=O) groups excluding carboxylic acids is 1. The Labute approximate surface area is 100 Å². The standard InChI is InChI=1S/C10H20N2O3S/c1-7(3-4-9(13)14)12-10(15)8(11)5-6-16-2/h7-8H,3-6,11H2,1-2H3,(H,12,15)(H,13,14)/t7?,8-/m0/s1. The predicted molar refractivity (Wildman–Crippen MR) is 65.4 cm³/mol. The van der Waals surface area contributed by atoms with E-state index in [0.717, 1.165) is 5.75 Å². The lowest BCUT2D eigenvalue weighted by atomic mass is 10.1. The molecule has 6 heteroatoms. The third kappa shape index (κ3) is 7.53. The van der Waals surface area contributed by atoms with Crippen molar-refractivity contribution in [3.8, 4) is 0 Å². The SMILES string of the molecule is CSCC[C@H](N)C(=O)NC(C)CCC(=O)O. The quantitative estimate of drug-likeness (QED) is 0.579. The van der Waals surface area contributed by atoms with Crippen molar-refractivity contribution in [2.45, 2.75) is 38.3 Å². The molecule has 0 radical (unpaired) electrons. The Morgan fingerprint density at radius 1 is 1.44 bits per heavy atom. The zero-order valence-corrected chi connectivity index (χ0v) is 10.5. The molecule has 0 spiro atoms. The van der Waals surface area contributed by atoms with Crippen LogP contribution in [0.1, 0.15) is 26.2 Å². The van der Waals surface area contributed by atoms with Gasteiger partial charge in [-0.1, -0.05) is 0 Å². The molecule has 0 aliphatic carbocycles. The van der Waals surface area contributed by atoms with Crippen molar-refractivity contribution in [2.24, 2.45) is 5.73 Å². The summed E-state index contributed by atoms with van der Waals surface area (Å²) >= 11 is 1.64. The maximum atomic E-state index is 11.5. The normalized spacial score (nSPS) is 14.2. The first-order valence-electron chi connectivity index (χ1n) is 5.24. The summed E-state index contributed by atoms with van der Waals surface area (Å²) in [5.74, 6) is -0.210. The minimum Gasteiger partial charge on any atom is -0.481 e. The highest BCUT2D eigenvalue weighted by atomic mass is 32.2. The minimum absolute atomic E-state index is 0.0570. The average molecular weight is 248 g/mol. The van der Waals surface area contributed by atoms with E-state index in [9.17, 15) is 9.59 Å². The molecule has 0 bridgehead atoms. The Bertz CT molecular complexity index is 236. The van der Waals surface area contributed by atoms with Crippen LogP contribution in [0.5, 0.6) is 0 Å². The summed E-state index contributed by atoms with van der Waals surface area (Å²) in [6.07, 6.45) is 3.08. The Morgan fingerprint density at radius 3 is 2.56 bits per heavy atom. The van der Waals surface area contributed by atoms with Crippen LogP contribution in [0.4, 0.5) is 0 Å². The number of carboxylic acids is 1. The second kappa shape index (κ2) is 8.41. The van der Waals surface area contributed by atoms with E-state index in [0.29, 0.717) is 12.8 Å². The van der Waals surface area contributed by atoms with Crippen LogP contribution in [0.15, 0.2) is 0 Å². The molecule has 0 rings (SSSR count). The summed E-state index contributed by atoms with van der Waals surface area (Å²) < 4.78 is 0. The number of hydrogen-bond acceptors (Lipinski definition) is 4. The van der Waals surface area contributed by atoms with Gasteiger partial charge in [-0.25, -0.2) is 0 Å². The van der Waals surface area contributed by atoms with Gasteiger partial charge >= 0.3 is 5.97 Å². The number of amides is 1. The van der Waals surface area contributed by atoms with Gasteiger partial charge in [-0.15, -0.1) is 0 Å². The van der Waals surface area contributed by atoms with E-state index in [4.69, 9.17) is 10.8 Å². The van der Waals surface area contributed by atoms with Crippen molar-refractivity contribution in [3.63, 3.8) is 0 Å². The largest absolute Gasteiger partial charge is 0.481 e. The molecule has 94 valence electrons. The minimum atomic E-state index is -0.854. The van der Waals surface area contributed by atoms with Gasteiger partial charge in [0.2, 0.25) is 5.91 Å². The molecule has 1 amide bonds. The molecule has 2 atom stereocenters. The third-order valence-electron chi connectivity index (χ3n) is 2.15. The van der Waals surface area contributed by atoms with Crippen LogP contribution in [0.3, 0.4) is 0 Å². The lowest BCUT2D eigenvalue weighted by Crippen LogP contribution is -2.44. The van der Waals surface area contributed by atoms with Crippen LogP contribution in [0, 0.1) is 0 Å². The van der Waals surface area contributed by atoms with E-state index < -0.39 is 12.0 Å². The Morgan fingerprint density at radius 2 is 2.06 bits per heavy atom. The van der Waals surface area contributed by atoms with E-state index in [-0.39, 0.29) is 18.4 Å². The third-order valence-corrected chi connectivity index (χ3v) is 2.79. The first kappa shape index (κ1) is 15.2. The number of rotatable bonds is 8. The maximum absolute atomic E-state index is 11.5. The van der Waals surface area contributed by atoms with Gasteiger partial charge in [0, 0.05) is 12.5 Å². The molecule has 0 saturated carbocycles. The maximum Gasteiger partial charge on any atom is 0.303 e. The molecule has 16 heavy (non-hydrogen) atoms. The molecule has 0 aromatic carbocycles. The highest BCUT2D eigenvalue weighted by Crippen LogP contribution is 2.01. The molecule has 0 saturated heterocycles. The lowest BCUT2D eigenvalue weighted by Gasteiger charge is -2.16. The zero-order valence-electron chi connectivity index (χ0n) is 9.73. The highest BCUT2D eigenvalue weighted by Gasteiger charge is 2.15. The molecule has 1 unspecified atom stereocenters. The molecule has 0 fully saturated rings. The Kier molecular flexibility index (Phi) is 8.01. The fraction of sp³-hybridized carbons (Fsp3) is 0.800. The molecule has 0 aromatic heterocycles. The van der Waals surface area contributed by atoms with Crippen LogP contribution in [0.2, 0.25) is 0 Å². The van der Waals surface area contributed by atoms with Gasteiger partial charge in [0.15, 0.2) is 0 Å². The van der Waals surface area contributed by atoms with Crippen molar-refractivity contribution in [3.05, 3.63) is 0 Å².